The van der Waals surface area contributed by atoms with Crippen LogP contribution in [0.3, 0.4) is 0 Å². The average molecular weight is 265 g/mol. The van der Waals surface area contributed by atoms with Crippen LogP contribution in [0, 0.1) is 5.21 Å². The van der Waals surface area contributed by atoms with Crippen molar-refractivity contribution in [3.63, 3.8) is 0 Å². The summed E-state index contributed by atoms with van der Waals surface area (Å²) in [6.45, 7) is 4.18. The van der Waals surface area contributed by atoms with Gasteiger partial charge < -0.3 is 14.3 Å². The Morgan fingerprint density at radius 3 is 2.63 bits per heavy atom. The van der Waals surface area contributed by atoms with Crippen molar-refractivity contribution >= 4 is 5.71 Å². The first-order chi connectivity index (χ1) is 9.15. The zero-order valence-corrected chi connectivity index (χ0v) is 11.5. The maximum Gasteiger partial charge on any atom is 0.226 e. The molecule has 0 radical (unpaired) electrons. The third-order valence-corrected chi connectivity index (χ3v) is 3.30. The fourth-order valence-corrected chi connectivity index (χ4v) is 2.22. The molecule has 0 aromatic heterocycles. The van der Waals surface area contributed by atoms with Gasteiger partial charge in [-0.1, -0.05) is 12.1 Å². The summed E-state index contributed by atoms with van der Waals surface area (Å²) < 4.78 is 10.5. The van der Waals surface area contributed by atoms with E-state index < -0.39 is 6.29 Å². The van der Waals surface area contributed by atoms with Gasteiger partial charge in [-0.3, -0.25) is 5.21 Å². The van der Waals surface area contributed by atoms with Crippen LogP contribution in [0.25, 0.3) is 0 Å². The molecule has 2 atom stereocenters. The number of methoxy groups -OCH3 is 1. The summed E-state index contributed by atoms with van der Waals surface area (Å²) in [4.78, 5) is 5.70. The van der Waals surface area contributed by atoms with Crippen LogP contribution < -0.4 is 4.74 Å². The maximum absolute atomic E-state index is 11.7. The number of nitrogens with zero attached hydrogens (tertiary/aromatic N) is 1. The fourth-order valence-electron chi connectivity index (χ4n) is 2.22. The first-order valence-corrected chi connectivity index (χ1v) is 6.38. The molecule has 5 heteroatoms. The van der Waals surface area contributed by atoms with Crippen LogP contribution in [0.2, 0.25) is 0 Å². The summed E-state index contributed by atoms with van der Waals surface area (Å²) in [7, 11) is 1.63. The highest BCUT2D eigenvalue weighted by Gasteiger charge is 2.32. The molecule has 0 N–H and O–H groups in total. The first-order valence-electron chi connectivity index (χ1n) is 6.38. The minimum absolute atomic E-state index is 0.00806. The minimum atomic E-state index is -0.488. The summed E-state index contributed by atoms with van der Waals surface area (Å²) in [5.41, 5.74) is 1.70. The molecule has 1 aromatic carbocycles. The van der Waals surface area contributed by atoms with E-state index in [1.54, 1.807) is 14.0 Å². The molecule has 1 aliphatic heterocycles. The smallest absolute Gasteiger partial charge is 0.226 e. The molecule has 0 saturated heterocycles. The number of ether oxygens (including phenoxy) is 2. The zero-order valence-electron chi connectivity index (χ0n) is 11.5. The third-order valence-electron chi connectivity index (χ3n) is 3.30. The number of benzene rings is 1. The van der Waals surface area contributed by atoms with Gasteiger partial charge in [0.25, 0.3) is 0 Å². The summed E-state index contributed by atoms with van der Waals surface area (Å²) >= 11 is 0. The van der Waals surface area contributed by atoms with E-state index in [-0.39, 0.29) is 5.92 Å². The van der Waals surface area contributed by atoms with E-state index in [2.05, 4.69) is 0 Å². The van der Waals surface area contributed by atoms with E-state index in [4.69, 9.17) is 14.3 Å². The molecule has 0 unspecified atom stereocenters. The fraction of sp³-hybridized carbons (Fsp3) is 0.500. The van der Waals surface area contributed by atoms with Crippen molar-refractivity contribution in [1.82, 2.24) is 0 Å². The van der Waals surface area contributed by atoms with Crippen molar-refractivity contribution < 1.29 is 19.2 Å². The van der Waals surface area contributed by atoms with Gasteiger partial charge in [0.1, 0.15) is 5.75 Å². The van der Waals surface area contributed by atoms with Crippen molar-refractivity contribution in [3.8, 4) is 5.75 Å². The monoisotopic (exact) mass is 265 g/mol. The zero-order chi connectivity index (χ0) is 13.8. The van der Waals surface area contributed by atoms with E-state index in [1.807, 2.05) is 31.2 Å². The number of hydrogen-bond donors (Lipinski definition) is 0. The normalized spacial score (nSPS) is 23.1. The largest absolute Gasteiger partial charge is 0.497 e. The van der Waals surface area contributed by atoms with Crippen LogP contribution in [0.1, 0.15) is 31.7 Å². The van der Waals surface area contributed by atoms with Gasteiger partial charge >= 0.3 is 0 Å². The first kappa shape index (κ1) is 13.7. The van der Waals surface area contributed by atoms with Gasteiger partial charge in [0, 0.05) is 24.9 Å². The molecule has 0 bridgehead atoms. The second-order valence-corrected chi connectivity index (χ2v) is 4.45. The Hall–Kier alpha value is -1.75. The highest BCUT2D eigenvalue weighted by Crippen LogP contribution is 2.29. The second-order valence-electron chi connectivity index (χ2n) is 4.45. The molecule has 0 saturated carbocycles. The van der Waals surface area contributed by atoms with Crippen molar-refractivity contribution in [2.75, 3.05) is 13.7 Å². The molecule has 5 nitrogen and oxygen atoms in total. The van der Waals surface area contributed by atoms with E-state index in [9.17, 15) is 5.21 Å². The van der Waals surface area contributed by atoms with Crippen LogP contribution in [0.5, 0.6) is 5.75 Å². The van der Waals surface area contributed by atoms with Gasteiger partial charge in [-0.15, -0.1) is 0 Å². The molecule has 0 amide bonds. The van der Waals surface area contributed by atoms with E-state index >= 15 is 0 Å². The second kappa shape index (κ2) is 5.93. The lowest BCUT2D eigenvalue weighted by atomic mass is 9.91. The number of rotatable bonds is 4. The van der Waals surface area contributed by atoms with Gasteiger partial charge in [0.15, 0.2) is 6.29 Å². The molecule has 1 aliphatic rings. The highest BCUT2D eigenvalue weighted by molar-refractivity contribution is 5.84. The Kier molecular flexibility index (Phi) is 4.27. The Labute approximate surface area is 112 Å². The van der Waals surface area contributed by atoms with Crippen LogP contribution in [-0.2, 0) is 9.57 Å². The molecular weight excluding hydrogens is 246 g/mol. The van der Waals surface area contributed by atoms with Gasteiger partial charge in [0.05, 0.1) is 13.0 Å². The third kappa shape index (κ3) is 2.98. The van der Waals surface area contributed by atoms with Gasteiger partial charge in [-0.05, 0) is 24.6 Å². The van der Waals surface area contributed by atoms with Crippen molar-refractivity contribution in [1.29, 1.82) is 0 Å². The Morgan fingerprint density at radius 2 is 2.05 bits per heavy atom. The van der Waals surface area contributed by atoms with Crippen molar-refractivity contribution in [2.24, 2.45) is 0 Å². The predicted molar refractivity (Wildman–Crippen MR) is 71.2 cm³/mol. The molecule has 0 aliphatic carbocycles. The van der Waals surface area contributed by atoms with E-state index in [0.717, 1.165) is 11.3 Å². The SMILES string of the molecule is CCO[C@H]1C[C@H](c2ccc(OC)cc2)C(C)=[N+]([O-])O1. The molecule has 0 fully saturated rings. The van der Waals surface area contributed by atoms with E-state index in [1.165, 1.54) is 0 Å². The van der Waals surface area contributed by atoms with Gasteiger partial charge in [-0.25, -0.2) is 0 Å². The Bertz CT molecular complexity index is 455. The summed E-state index contributed by atoms with van der Waals surface area (Å²) in [5, 5.41) is 11.7. The van der Waals surface area contributed by atoms with Gasteiger partial charge in [0.2, 0.25) is 5.71 Å². The average Bonchev–Trinajstić information content (AvgIpc) is 2.43. The molecule has 104 valence electrons. The van der Waals surface area contributed by atoms with Crippen LogP contribution in [-0.4, -0.2) is 30.6 Å². The summed E-state index contributed by atoms with van der Waals surface area (Å²) in [5.74, 6) is 0.808. The topological polar surface area (TPSA) is 53.8 Å². The number of hydrogen-bond acceptors (Lipinski definition) is 4. The molecule has 19 heavy (non-hydrogen) atoms. The van der Waals surface area contributed by atoms with Crippen LogP contribution in [0.4, 0.5) is 0 Å². The molecule has 1 aromatic rings. The predicted octanol–water partition coefficient (Wildman–Crippen LogP) is 2.45. The summed E-state index contributed by atoms with van der Waals surface area (Å²) in [6, 6.07) is 7.72. The lowest BCUT2D eigenvalue weighted by Gasteiger charge is -2.29. The quantitative estimate of drug-likeness (QED) is 0.785. The van der Waals surface area contributed by atoms with E-state index in [0.29, 0.717) is 23.6 Å². The standard InChI is InChI=1S/C14H19NO4/c1-4-18-14-9-13(10(2)15(16)19-14)11-5-7-12(17-3)8-6-11/h5-8,13-14H,4,9H2,1-3H3/t13-,14+/m0/s1. The van der Waals surface area contributed by atoms with Crippen molar-refractivity contribution in [2.45, 2.75) is 32.5 Å². The van der Waals surface area contributed by atoms with Crippen LogP contribution in [0.15, 0.2) is 24.3 Å². The van der Waals surface area contributed by atoms with Crippen molar-refractivity contribution in [3.05, 3.63) is 35.0 Å². The highest BCUT2D eigenvalue weighted by atomic mass is 16.9. The molecule has 1 heterocycles. The lowest BCUT2D eigenvalue weighted by Crippen LogP contribution is -2.35. The molecule has 0 spiro atoms. The summed E-state index contributed by atoms with van der Waals surface area (Å²) in [6.07, 6.45) is 0.156. The lowest BCUT2D eigenvalue weighted by molar-refractivity contribution is -0.772. The maximum atomic E-state index is 11.7. The molecule has 2 rings (SSSR count). The Balaban J connectivity index is 2.23. The van der Waals surface area contributed by atoms with Crippen LogP contribution >= 0.6 is 0 Å². The molecular formula is C14H19NO4. The Morgan fingerprint density at radius 1 is 1.37 bits per heavy atom. The van der Waals surface area contributed by atoms with Gasteiger partial charge in [-0.2, -0.15) is 0 Å². The minimum Gasteiger partial charge on any atom is -0.497 e.